The molecule has 4 rings (SSSR count). The number of hydrogen-bond donors (Lipinski definition) is 5. The van der Waals surface area contributed by atoms with Crippen LogP contribution in [0.25, 0.3) is 10.8 Å². The van der Waals surface area contributed by atoms with Gasteiger partial charge in [-0.15, -0.1) is 0 Å². The Hall–Kier alpha value is -5.30. The van der Waals surface area contributed by atoms with Crippen LogP contribution >= 0.6 is 0 Å². The molecule has 0 radical (unpaired) electrons. The number of carbonyl (C=O) groups excluding carboxylic acids is 6. The second-order valence-electron chi connectivity index (χ2n) is 16.9. The van der Waals surface area contributed by atoms with Crippen LogP contribution in [0, 0.1) is 0 Å². The highest BCUT2D eigenvalue weighted by molar-refractivity contribution is 6.01. The summed E-state index contributed by atoms with van der Waals surface area (Å²) in [5, 5.41) is 10.7. The van der Waals surface area contributed by atoms with Crippen LogP contribution < -0.4 is 27.4 Å². The Morgan fingerprint density at radius 2 is 1.37 bits per heavy atom. The Balaban J connectivity index is 1.40. The summed E-state index contributed by atoms with van der Waals surface area (Å²) in [5.41, 5.74) is 11.0. The van der Waals surface area contributed by atoms with Crippen molar-refractivity contribution in [2.45, 2.75) is 134 Å². The number of amides is 4. The minimum absolute atomic E-state index is 0.0822. The summed E-state index contributed by atoms with van der Waals surface area (Å²) in [4.78, 5) is 79.2. The van der Waals surface area contributed by atoms with Gasteiger partial charge in [0.1, 0.15) is 22.8 Å². The van der Waals surface area contributed by atoms with E-state index in [0.717, 1.165) is 22.8 Å². The van der Waals surface area contributed by atoms with E-state index in [0.29, 0.717) is 56.2 Å². The fraction of sp³-hybridized carbons (Fsp3) is 0.500. The summed E-state index contributed by atoms with van der Waals surface area (Å²) in [5.74, 6) is -5.27. The Morgan fingerprint density at radius 3 is 1.96 bits per heavy atom. The van der Waals surface area contributed by atoms with Crippen molar-refractivity contribution in [1.29, 1.82) is 0 Å². The van der Waals surface area contributed by atoms with Gasteiger partial charge >= 0.3 is 11.9 Å². The van der Waals surface area contributed by atoms with Crippen molar-refractivity contribution >= 4 is 46.3 Å². The topological polar surface area (TPSA) is 209 Å². The van der Waals surface area contributed by atoms with E-state index in [-0.39, 0.29) is 6.42 Å². The van der Waals surface area contributed by atoms with Crippen molar-refractivity contribution in [3.05, 3.63) is 83.4 Å². The zero-order valence-corrected chi connectivity index (χ0v) is 34.1. The second-order valence-corrected chi connectivity index (χ2v) is 16.9. The van der Waals surface area contributed by atoms with Crippen molar-refractivity contribution in [3.8, 4) is 0 Å². The van der Waals surface area contributed by atoms with E-state index < -0.39 is 76.7 Å². The van der Waals surface area contributed by atoms with Gasteiger partial charge in [-0.3, -0.25) is 28.8 Å². The molecule has 1 fully saturated rings. The van der Waals surface area contributed by atoms with E-state index in [2.05, 4.69) is 28.1 Å². The molecule has 0 heterocycles. The third kappa shape index (κ3) is 13.1. The SMILES string of the molecule is CC(C)(C)OC(=O)C(C(=O)OC(C)(C)C)c1ccc(C[C@H](N)C(=O)NC2(C(=O)N[C@@H](CC(N)=O)C(=O)NCCCc3cccc4ccccc34)CCCCC2)cc1. The molecule has 0 aromatic heterocycles. The monoisotopic (exact) mass is 785 g/mol. The minimum Gasteiger partial charge on any atom is -0.459 e. The quantitative estimate of drug-likeness (QED) is 0.0791. The lowest BCUT2D eigenvalue weighted by Crippen LogP contribution is -2.64. The molecule has 1 aliphatic carbocycles. The summed E-state index contributed by atoms with van der Waals surface area (Å²) in [6.45, 7) is 10.6. The minimum atomic E-state index is -1.35. The third-order valence-corrected chi connectivity index (χ3v) is 9.72. The van der Waals surface area contributed by atoms with Crippen molar-refractivity contribution in [2.75, 3.05) is 6.54 Å². The molecule has 4 amide bonds. The van der Waals surface area contributed by atoms with E-state index in [1.807, 2.05) is 30.3 Å². The number of fused-ring (bicyclic) bond motifs is 1. The predicted octanol–water partition coefficient (Wildman–Crippen LogP) is 4.40. The maximum absolute atomic E-state index is 14.0. The molecule has 3 aromatic rings. The summed E-state index contributed by atoms with van der Waals surface area (Å²) < 4.78 is 11.1. The highest BCUT2D eigenvalue weighted by Gasteiger charge is 2.43. The molecular formula is C44H59N5O8. The van der Waals surface area contributed by atoms with Crippen molar-refractivity contribution < 1.29 is 38.2 Å². The van der Waals surface area contributed by atoms with Gasteiger partial charge < -0.3 is 36.9 Å². The molecule has 1 saturated carbocycles. The zero-order chi connectivity index (χ0) is 42.0. The molecule has 13 nitrogen and oxygen atoms in total. The predicted molar refractivity (Wildman–Crippen MR) is 218 cm³/mol. The number of rotatable bonds is 16. The zero-order valence-electron chi connectivity index (χ0n) is 34.1. The molecule has 0 spiro atoms. The number of benzene rings is 3. The van der Waals surface area contributed by atoms with Gasteiger partial charge in [0, 0.05) is 6.54 Å². The molecule has 7 N–H and O–H groups in total. The molecule has 13 heteroatoms. The molecular weight excluding hydrogens is 727 g/mol. The maximum Gasteiger partial charge on any atom is 0.325 e. The van der Waals surface area contributed by atoms with Gasteiger partial charge in [-0.05, 0) is 101 Å². The second kappa shape index (κ2) is 19.2. The van der Waals surface area contributed by atoms with Crippen molar-refractivity contribution in [1.82, 2.24) is 16.0 Å². The lowest BCUT2D eigenvalue weighted by atomic mass is 9.80. The van der Waals surface area contributed by atoms with E-state index in [1.165, 1.54) is 0 Å². The number of aryl methyl sites for hydroxylation is 1. The number of primary amides is 1. The highest BCUT2D eigenvalue weighted by Crippen LogP contribution is 2.30. The number of ether oxygens (including phenoxy) is 2. The first-order valence-electron chi connectivity index (χ1n) is 19.7. The summed E-state index contributed by atoms with van der Waals surface area (Å²) in [6, 6.07) is 18.4. The molecule has 0 unspecified atom stereocenters. The van der Waals surface area contributed by atoms with Crippen LogP contribution in [0.5, 0.6) is 0 Å². The Labute approximate surface area is 335 Å². The normalized spacial score (nSPS) is 15.2. The van der Waals surface area contributed by atoms with E-state index in [9.17, 15) is 28.8 Å². The first-order chi connectivity index (χ1) is 26.8. The molecule has 2 atom stereocenters. The lowest BCUT2D eigenvalue weighted by Gasteiger charge is -2.38. The first kappa shape index (κ1) is 44.4. The van der Waals surface area contributed by atoms with Crippen molar-refractivity contribution in [2.24, 2.45) is 11.5 Å². The molecule has 0 bridgehead atoms. The molecule has 308 valence electrons. The Morgan fingerprint density at radius 1 is 0.772 bits per heavy atom. The number of esters is 2. The third-order valence-electron chi connectivity index (χ3n) is 9.72. The Bertz CT molecular complexity index is 1870. The van der Waals surface area contributed by atoms with Gasteiger partial charge in [0.25, 0.3) is 0 Å². The van der Waals surface area contributed by atoms with Crippen LogP contribution in [-0.4, -0.2) is 70.9 Å². The fourth-order valence-electron chi connectivity index (χ4n) is 7.01. The van der Waals surface area contributed by atoms with Crippen LogP contribution in [-0.2, 0) is 51.1 Å². The van der Waals surface area contributed by atoms with E-state index >= 15 is 0 Å². The Kier molecular flexibility index (Phi) is 15.0. The van der Waals surface area contributed by atoms with E-state index in [1.54, 1.807) is 65.8 Å². The van der Waals surface area contributed by atoms with E-state index in [4.69, 9.17) is 20.9 Å². The summed E-state index contributed by atoms with van der Waals surface area (Å²) >= 11 is 0. The fourth-order valence-corrected chi connectivity index (χ4v) is 7.01. The van der Waals surface area contributed by atoms with Gasteiger partial charge in [0.15, 0.2) is 5.92 Å². The van der Waals surface area contributed by atoms with Crippen LogP contribution in [0.1, 0.15) is 109 Å². The molecule has 0 aliphatic heterocycles. The van der Waals surface area contributed by atoms with Crippen LogP contribution in [0.2, 0.25) is 0 Å². The van der Waals surface area contributed by atoms with Crippen molar-refractivity contribution in [3.63, 3.8) is 0 Å². The van der Waals surface area contributed by atoms with Gasteiger partial charge in [-0.2, -0.15) is 0 Å². The number of hydrogen-bond acceptors (Lipinski definition) is 9. The molecule has 57 heavy (non-hydrogen) atoms. The maximum atomic E-state index is 14.0. The highest BCUT2D eigenvalue weighted by atomic mass is 16.6. The van der Waals surface area contributed by atoms with Gasteiger partial charge in [-0.25, -0.2) is 0 Å². The number of carbonyl (C=O) groups is 6. The standard InChI is InChI=1S/C44H59N5O8/c1-42(2,3)56-39(53)36(40(54)57-43(4,5)6)31-21-19-28(20-22-31)26-33(45)37(51)49-44(23-10-7-11-24-44)41(55)48-34(27-35(46)50)38(52)47-25-13-17-30-16-12-15-29-14-8-9-18-32(29)30/h8-9,12,14-16,18-22,33-34,36H,7,10-11,13,17,23-27,45H2,1-6H3,(H2,46,50)(H,47,52)(H,48,55)(H,49,51)/t33-,34-/m0/s1. The number of nitrogens with one attached hydrogen (secondary N) is 3. The molecule has 3 aromatic carbocycles. The summed E-state index contributed by atoms with van der Waals surface area (Å²) in [7, 11) is 0. The van der Waals surface area contributed by atoms with Gasteiger partial charge in [0.05, 0.1) is 12.5 Å². The number of nitrogens with two attached hydrogens (primary N) is 2. The smallest absolute Gasteiger partial charge is 0.325 e. The van der Waals surface area contributed by atoms with Gasteiger partial charge in [-0.1, -0.05) is 86.0 Å². The largest absolute Gasteiger partial charge is 0.459 e. The van der Waals surface area contributed by atoms with Crippen LogP contribution in [0.4, 0.5) is 0 Å². The average molecular weight is 786 g/mol. The van der Waals surface area contributed by atoms with Crippen LogP contribution in [0.15, 0.2) is 66.7 Å². The summed E-state index contributed by atoms with van der Waals surface area (Å²) in [6.07, 6.45) is 3.82. The molecule has 0 saturated heterocycles. The van der Waals surface area contributed by atoms with Gasteiger partial charge in [0.2, 0.25) is 23.6 Å². The lowest BCUT2D eigenvalue weighted by molar-refractivity contribution is -0.169. The molecule has 1 aliphatic rings. The average Bonchev–Trinajstić information content (AvgIpc) is 3.12. The first-order valence-corrected chi connectivity index (χ1v) is 19.7. The van der Waals surface area contributed by atoms with Crippen LogP contribution in [0.3, 0.4) is 0 Å².